The molecule has 0 fully saturated rings. The molecule has 0 aromatic rings. The van der Waals surface area contributed by atoms with Crippen LogP contribution in [0.5, 0.6) is 0 Å². The summed E-state index contributed by atoms with van der Waals surface area (Å²) in [6.45, 7) is 10.1. The first-order chi connectivity index (χ1) is 7.21. The van der Waals surface area contributed by atoms with E-state index in [-0.39, 0.29) is 17.2 Å². The largest absolute Gasteiger partial charge is 0.481 e. The summed E-state index contributed by atoms with van der Waals surface area (Å²) in [7, 11) is 0. The highest BCUT2D eigenvalue weighted by molar-refractivity contribution is 5.97. The van der Waals surface area contributed by atoms with Crippen LogP contribution in [0.2, 0.25) is 0 Å². The molecule has 0 aliphatic heterocycles. The number of nitrogens with one attached hydrogen (secondary N) is 1. The quantitative estimate of drug-likeness (QED) is 0.683. The average Bonchev–Trinajstić information content (AvgIpc) is 2.14. The predicted octanol–water partition coefficient (Wildman–Crippen LogP) is 1.90. The molecule has 0 rings (SSSR count). The molecule has 0 heterocycles. The van der Waals surface area contributed by atoms with E-state index in [2.05, 4.69) is 5.32 Å². The Bertz CT molecular complexity index is 259. The SMILES string of the molecule is CCC(C)(C)CNC(=O)C(C(=O)O)C(C)C. The molecule has 1 atom stereocenters. The molecule has 0 aromatic carbocycles. The monoisotopic (exact) mass is 229 g/mol. The van der Waals surface area contributed by atoms with E-state index in [4.69, 9.17) is 5.11 Å². The minimum absolute atomic E-state index is 0.00962. The Morgan fingerprint density at radius 3 is 2.12 bits per heavy atom. The van der Waals surface area contributed by atoms with E-state index in [1.165, 1.54) is 0 Å². The molecule has 0 aliphatic carbocycles. The van der Waals surface area contributed by atoms with Gasteiger partial charge in [-0.05, 0) is 17.8 Å². The fourth-order valence-corrected chi connectivity index (χ4v) is 1.26. The first kappa shape index (κ1) is 14.9. The normalized spacial score (nSPS) is 13.6. The van der Waals surface area contributed by atoms with Crippen LogP contribution in [0, 0.1) is 17.3 Å². The molecule has 1 amide bonds. The van der Waals surface area contributed by atoms with Crippen LogP contribution in [-0.2, 0) is 9.59 Å². The molecule has 1 unspecified atom stereocenters. The molecule has 16 heavy (non-hydrogen) atoms. The lowest BCUT2D eigenvalue weighted by molar-refractivity contribution is -0.149. The summed E-state index contributed by atoms with van der Waals surface area (Å²) in [5.74, 6) is -2.58. The molecule has 4 nitrogen and oxygen atoms in total. The third-order valence-electron chi connectivity index (χ3n) is 2.91. The summed E-state index contributed by atoms with van der Waals surface area (Å²) in [5.41, 5.74) is 0.00962. The standard InChI is InChI=1S/C12H23NO3/c1-6-12(4,5)7-13-10(14)9(8(2)3)11(15)16/h8-9H,6-7H2,1-5H3,(H,13,14)(H,15,16). The molecular weight excluding hydrogens is 206 g/mol. The maximum atomic E-state index is 11.7. The van der Waals surface area contributed by atoms with Gasteiger partial charge in [-0.3, -0.25) is 9.59 Å². The van der Waals surface area contributed by atoms with Gasteiger partial charge in [0.05, 0.1) is 0 Å². The summed E-state index contributed by atoms with van der Waals surface area (Å²) < 4.78 is 0. The summed E-state index contributed by atoms with van der Waals surface area (Å²) in [6.07, 6.45) is 0.937. The second-order valence-electron chi connectivity index (χ2n) is 5.30. The minimum atomic E-state index is -1.05. The van der Waals surface area contributed by atoms with Gasteiger partial charge in [-0.1, -0.05) is 34.6 Å². The summed E-state index contributed by atoms with van der Waals surface area (Å²) in [4.78, 5) is 22.6. The second kappa shape index (κ2) is 5.87. The number of carboxylic acid groups (broad SMARTS) is 1. The fraction of sp³-hybridized carbons (Fsp3) is 0.833. The van der Waals surface area contributed by atoms with Crippen molar-refractivity contribution in [2.45, 2.75) is 41.0 Å². The minimum Gasteiger partial charge on any atom is -0.481 e. The van der Waals surface area contributed by atoms with Crippen molar-refractivity contribution in [2.24, 2.45) is 17.3 Å². The number of carbonyl (C=O) groups is 2. The van der Waals surface area contributed by atoms with Crippen LogP contribution in [0.25, 0.3) is 0 Å². The van der Waals surface area contributed by atoms with E-state index in [9.17, 15) is 9.59 Å². The molecule has 0 saturated carbocycles. The number of carboxylic acids is 1. The van der Waals surface area contributed by atoms with E-state index in [1.54, 1.807) is 13.8 Å². The lowest BCUT2D eigenvalue weighted by Crippen LogP contribution is -2.42. The first-order valence-corrected chi connectivity index (χ1v) is 5.72. The maximum Gasteiger partial charge on any atom is 0.316 e. The van der Waals surface area contributed by atoms with Gasteiger partial charge in [-0.2, -0.15) is 0 Å². The third kappa shape index (κ3) is 4.64. The lowest BCUT2D eigenvalue weighted by Gasteiger charge is -2.24. The first-order valence-electron chi connectivity index (χ1n) is 5.72. The summed E-state index contributed by atoms with van der Waals surface area (Å²) >= 11 is 0. The zero-order valence-electron chi connectivity index (χ0n) is 10.8. The summed E-state index contributed by atoms with van der Waals surface area (Å²) in [5, 5.41) is 11.7. The zero-order chi connectivity index (χ0) is 12.9. The van der Waals surface area contributed by atoms with Gasteiger partial charge in [0.25, 0.3) is 0 Å². The van der Waals surface area contributed by atoms with Crippen molar-refractivity contribution in [3.63, 3.8) is 0 Å². The average molecular weight is 229 g/mol. The van der Waals surface area contributed by atoms with Crippen LogP contribution in [-0.4, -0.2) is 23.5 Å². The van der Waals surface area contributed by atoms with E-state index in [0.29, 0.717) is 6.54 Å². The highest BCUT2D eigenvalue weighted by Gasteiger charge is 2.30. The van der Waals surface area contributed by atoms with E-state index >= 15 is 0 Å². The van der Waals surface area contributed by atoms with Crippen LogP contribution in [0.1, 0.15) is 41.0 Å². The second-order valence-corrected chi connectivity index (χ2v) is 5.30. The van der Waals surface area contributed by atoms with Crippen LogP contribution < -0.4 is 5.32 Å². The number of aliphatic carboxylic acids is 1. The molecule has 0 spiro atoms. The highest BCUT2D eigenvalue weighted by atomic mass is 16.4. The fourth-order valence-electron chi connectivity index (χ4n) is 1.26. The van der Waals surface area contributed by atoms with Gasteiger partial charge in [0.2, 0.25) is 5.91 Å². The van der Waals surface area contributed by atoms with E-state index in [0.717, 1.165) is 6.42 Å². The highest BCUT2D eigenvalue weighted by Crippen LogP contribution is 2.18. The van der Waals surface area contributed by atoms with Crippen LogP contribution >= 0.6 is 0 Å². The predicted molar refractivity (Wildman–Crippen MR) is 63.0 cm³/mol. The van der Waals surface area contributed by atoms with Gasteiger partial charge in [0.15, 0.2) is 0 Å². The number of carbonyl (C=O) groups excluding carboxylic acids is 1. The molecule has 2 N–H and O–H groups in total. The molecule has 0 saturated heterocycles. The van der Waals surface area contributed by atoms with Gasteiger partial charge >= 0.3 is 5.97 Å². The Hall–Kier alpha value is -1.06. The van der Waals surface area contributed by atoms with E-state index < -0.39 is 11.9 Å². The van der Waals surface area contributed by atoms with Gasteiger partial charge in [-0.15, -0.1) is 0 Å². The van der Waals surface area contributed by atoms with Crippen molar-refractivity contribution >= 4 is 11.9 Å². The van der Waals surface area contributed by atoms with E-state index in [1.807, 2.05) is 20.8 Å². The number of hydrogen-bond acceptors (Lipinski definition) is 2. The van der Waals surface area contributed by atoms with Crippen LogP contribution in [0.4, 0.5) is 0 Å². The van der Waals surface area contributed by atoms with Gasteiger partial charge in [-0.25, -0.2) is 0 Å². The van der Waals surface area contributed by atoms with Crippen molar-refractivity contribution in [2.75, 3.05) is 6.54 Å². The topological polar surface area (TPSA) is 66.4 Å². The lowest BCUT2D eigenvalue weighted by atomic mass is 9.89. The van der Waals surface area contributed by atoms with Crippen molar-refractivity contribution < 1.29 is 14.7 Å². The molecule has 4 heteroatoms. The Morgan fingerprint density at radius 1 is 1.31 bits per heavy atom. The van der Waals surface area contributed by atoms with Crippen molar-refractivity contribution in [3.8, 4) is 0 Å². The molecule has 0 aromatic heterocycles. The third-order valence-corrected chi connectivity index (χ3v) is 2.91. The molecule has 0 aliphatic rings. The van der Waals surface area contributed by atoms with Crippen molar-refractivity contribution in [1.29, 1.82) is 0 Å². The molecule has 0 radical (unpaired) electrons. The molecule has 0 bridgehead atoms. The van der Waals surface area contributed by atoms with Crippen molar-refractivity contribution in [1.82, 2.24) is 5.32 Å². The van der Waals surface area contributed by atoms with Gasteiger partial charge < -0.3 is 10.4 Å². The summed E-state index contributed by atoms with van der Waals surface area (Å²) in [6, 6.07) is 0. The maximum absolute atomic E-state index is 11.7. The number of hydrogen-bond donors (Lipinski definition) is 2. The van der Waals surface area contributed by atoms with Gasteiger partial charge in [0, 0.05) is 6.54 Å². The Kier molecular flexibility index (Phi) is 5.48. The van der Waals surface area contributed by atoms with Crippen LogP contribution in [0.15, 0.2) is 0 Å². The Labute approximate surface area is 97.4 Å². The Balaban J connectivity index is 4.39. The Morgan fingerprint density at radius 2 is 1.81 bits per heavy atom. The zero-order valence-corrected chi connectivity index (χ0v) is 10.8. The number of rotatable bonds is 6. The molecule has 94 valence electrons. The van der Waals surface area contributed by atoms with Crippen LogP contribution in [0.3, 0.4) is 0 Å². The number of amides is 1. The van der Waals surface area contributed by atoms with Crippen molar-refractivity contribution in [3.05, 3.63) is 0 Å². The molecular formula is C12H23NO3. The smallest absolute Gasteiger partial charge is 0.316 e. The van der Waals surface area contributed by atoms with Gasteiger partial charge in [0.1, 0.15) is 5.92 Å².